The number of hydrogen-bond acceptors (Lipinski definition) is 12. The van der Waals surface area contributed by atoms with Crippen LogP contribution in [-0.2, 0) is 43.0 Å². The maximum atomic E-state index is 13.9. The lowest BCUT2D eigenvalue weighted by atomic mass is 9.97. The zero-order chi connectivity index (χ0) is 45.2. The third-order valence-electron chi connectivity index (χ3n) is 9.45. The molecule has 1 rings (SSSR count). The fourth-order valence-corrected chi connectivity index (χ4v) is 6.17. The standard InChI is InChI=1S/C40H73N7O12/c1-21(2)15-25(41)33(50)44-28(16-22(3)4)34(51)42-26-11-13-58-19-31(48)32(49)20-59-14-12-27(38(55)56)43-35(52)29(17-23(5)6)45-36(53)30(18-24(7)8)46-39(57)40(9,10)47-37(26)54/h21-32,48-49H,11-20,41H2,1-10H3,(H,42,51)(H,43,52)(H,44,50)(H,45,53)(H,46,57)(H,47,54)(H,55,56)/t25-,26?,27-,28-,29-,30-,31?,32?/m0/s1. The Labute approximate surface area is 348 Å². The van der Waals surface area contributed by atoms with Crippen molar-refractivity contribution in [2.75, 3.05) is 26.4 Å². The third kappa shape index (κ3) is 20.3. The van der Waals surface area contributed by atoms with Crippen molar-refractivity contribution in [3.63, 3.8) is 0 Å². The van der Waals surface area contributed by atoms with Gasteiger partial charge in [-0.2, -0.15) is 0 Å². The molecule has 0 aromatic rings. The summed E-state index contributed by atoms with van der Waals surface area (Å²) >= 11 is 0. The summed E-state index contributed by atoms with van der Waals surface area (Å²) in [5.41, 5.74) is 4.41. The fraction of sp³-hybridized carbons (Fsp3) is 0.825. The summed E-state index contributed by atoms with van der Waals surface area (Å²) in [6, 6.07) is -7.03. The first-order valence-corrected chi connectivity index (χ1v) is 20.7. The first-order valence-electron chi connectivity index (χ1n) is 20.7. The number of rotatable bonds is 13. The van der Waals surface area contributed by atoms with Gasteiger partial charge in [0.1, 0.15) is 48.0 Å². The highest BCUT2D eigenvalue weighted by atomic mass is 16.5. The molecule has 1 saturated heterocycles. The van der Waals surface area contributed by atoms with Crippen LogP contribution in [0.4, 0.5) is 0 Å². The number of amides is 6. The Morgan fingerprint density at radius 3 is 1.71 bits per heavy atom. The number of ether oxygens (including phenoxy) is 2. The van der Waals surface area contributed by atoms with E-state index in [1.165, 1.54) is 13.8 Å². The van der Waals surface area contributed by atoms with Crippen LogP contribution in [0, 0.1) is 23.7 Å². The Morgan fingerprint density at radius 1 is 0.729 bits per heavy atom. The number of hydrogen-bond donors (Lipinski definition) is 10. The normalized spacial score (nSPS) is 26.0. The predicted molar refractivity (Wildman–Crippen MR) is 218 cm³/mol. The van der Waals surface area contributed by atoms with E-state index in [9.17, 15) is 48.9 Å². The molecule has 19 heteroatoms. The maximum absolute atomic E-state index is 13.9. The van der Waals surface area contributed by atoms with Crippen LogP contribution in [0.15, 0.2) is 0 Å². The van der Waals surface area contributed by atoms with E-state index >= 15 is 0 Å². The molecule has 1 heterocycles. The Kier molecular flexibility index (Phi) is 23.1. The Morgan fingerprint density at radius 2 is 1.22 bits per heavy atom. The summed E-state index contributed by atoms with van der Waals surface area (Å²) < 4.78 is 11.0. The summed E-state index contributed by atoms with van der Waals surface area (Å²) in [6.45, 7) is 16.4. The van der Waals surface area contributed by atoms with Crippen LogP contribution < -0.4 is 37.6 Å². The summed E-state index contributed by atoms with van der Waals surface area (Å²) in [5, 5.41) is 46.6. The van der Waals surface area contributed by atoms with Gasteiger partial charge in [-0.15, -0.1) is 0 Å². The molecule has 340 valence electrons. The minimum atomic E-state index is -1.68. The van der Waals surface area contributed by atoms with Crippen molar-refractivity contribution in [1.82, 2.24) is 31.9 Å². The molecule has 3 unspecified atom stereocenters. The highest BCUT2D eigenvalue weighted by molar-refractivity contribution is 5.98. The van der Waals surface area contributed by atoms with E-state index < -0.39 is 109 Å². The molecular weight excluding hydrogens is 770 g/mol. The van der Waals surface area contributed by atoms with Gasteiger partial charge in [0, 0.05) is 19.6 Å². The zero-order valence-corrected chi connectivity index (χ0v) is 36.6. The highest BCUT2D eigenvalue weighted by Crippen LogP contribution is 2.14. The quantitative estimate of drug-likeness (QED) is 0.112. The van der Waals surface area contributed by atoms with Gasteiger partial charge in [-0.05, 0) is 69.6 Å². The van der Waals surface area contributed by atoms with Crippen molar-refractivity contribution in [3.8, 4) is 0 Å². The average molecular weight is 844 g/mol. The van der Waals surface area contributed by atoms with Gasteiger partial charge in [0.05, 0.1) is 19.3 Å². The van der Waals surface area contributed by atoms with Crippen molar-refractivity contribution in [2.45, 2.75) is 162 Å². The smallest absolute Gasteiger partial charge is 0.326 e. The van der Waals surface area contributed by atoms with Crippen LogP contribution in [0.25, 0.3) is 0 Å². The van der Waals surface area contributed by atoms with Crippen LogP contribution in [0.5, 0.6) is 0 Å². The second kappa shape index (κ2) is 25.7. The van der Waals surface area contributed by atoms with Gasteiger partial charge in [0.2, 0.25) is 35.4 Å². The van der Waals surface area contributed by atoms with E-state index in [0.717, 1.165) is 0 Å². The lowest BCUT2D eigenvalue weighted by Gasteiger charge is -2.31. The maximum Gasteiger partial charge on any atom is 0.326 e. The topological polar surface area (TPSA) is 297 Å². The van der Waals surface area contributed by atoms with E-state index in [0.29, 0.717) is 6.42 Å². The molecule has 0 aliphatic carbocycles. The minimum absolute atomic E-state index is 0.0504. The Bertz CT molecular complexity index is 1390. The molecule has 0 spiro atoms. The molecule has 6 amide bonds. The molecule has 0 bridgehead atoms. The summed E-state index contributed by atoms with van der Waals surface area (Å²) in [6.07, 6.45) is -2.42. The molecule has 0 saturated carbocycles. The lowest BCUT2D eigenvalue weighted by molar-refractivity contribution is -0.143. The summed E-state index contributed by atoms with van der Waals surface area (Å²) in [4.78, 5) is 93.8. The van der Waals surface area contributed by atoms with Crippen LogP contribution in [0.3, 0.4) is 0 Å². The average Bonchev–Trinajstić information content (AvgIpc) is 3.10. The molecule has 59 heavy (non-hydrogen) atoms. The summed E-state index contributed by atoms with van der Waals surface area (Å²) in [7, 11) is 0. The number of nitrogens with one attached hydrogen (secondary N) is 6. The second-order valence-corrected chi connectivity index (χ2v) is 17.7. The van der Waals surface area contributed by atoms with Crippen molar-refractivity contribution >= 4 is 41.4 Å². The first-order chi connectivity index (χ1) is 27.3. The van der Waals surface area contributed by atoms with Gasteiger partial charge in [0.25, 0.3) is 0 Å². The van der Waals surface area contributed by atoms with Gasteiger partial charge < -0.3 is 62.4 Å². The SMILES string of the molecule is CC(C)C[C@@H]1NC(=O)[C@H](CC(C)C)NC(=O)C(C)(C)NC(=O)C(NC(=O)[C@H](CC(C)C)NC(=O)[C@@H](N)CC(C)C)CCOCC(O)C(O)COCC[C@@H](C(=O)O)NC1=O. The van der Waals surface area contributed by atoms with Crippen LogP contribution >= 0.6 is 0 Å². The minimum Gasteiger partial charge on any atom is -0.480 e. The molecule has 19 nitrogen and oxygen atoms in total. The predicted octanol–water partition coefficient (Wildman–Crippen LogP) is -0.550. The summed E-state index contributed by atoms with van der Waals surface area (Å²) in [5.74, 6) is -5.76. The molecule has 1 aliphatic heterocycles. The van der Waals surface area contributed by atoms with E-state index in [4.69, 9.17) is 15.2 Å². The number of carboxylic acid groups (broad SMARTS) is 1. The molecule has 0 aromatic heterocycles. The van der Waals surface area contributed by atoms with E-state index in [1.54, 1.807) is 0 Å². The largest absolute Gasteiger partial charge is 0.480 e. The van der Waals surface area contributed by atoms with Gasteiger partial charge in [-0.1, -0.05) is 55.4 Å². The highest BCUT2D eigenvalue weighted by Gasteiger charge is 2.37. The third-order valence-corrected chi connectivity index (χ3v) is 9.45. The Hall–Kier alpha value is -3.91. The van der Waals surface area contributed by atoms with E-state index in [-0.39, 0.29) is 69.0 Å². The number of aliphatic carboxylic acids is 1. The molecule has 0 radical (unpaired) electrons. The van der Waals surface area contributed by atoms with Gasteiger partial charge in [0.15, 0.2) is 0 Å². The zero-order valence-electron chi connectivity index (χ0n) is 36.6. The molecule has 1 fully saturated rings. The lowest BCUT2D eigenvalue weighted by Crippen LogP contribution is -2.63. The van der Waals surface area contributed by atoms with Crippen molar-refractivity contribution in [2.24, 2.45) is 29.4 Å². The number of carboxylic acids is 1. The van der Waals surface area contributed by atoms with Crippen LogP contribution in [-0.4, -0.2) is 137 Å². The monoisotopic (exact) mass is 844 g/mol. The van der Waals surface area contributed by atoms with Gasteiger partial charge in [-0.25, -0.2) is 4.79 Å². The van der Waals surface area contributed by atoms with Crippen molar-refractivity contribution < 1.29 is 58.4 Å². The van der Waals surface area contributed by atoms with Crippen LogP contribution in [0.2, 0.25) is 0 Å². The molecule has 11 N–H and O–H groups in total. The van der Waals surface area contributed by atoms with Crippen molar-refractivity contribution in [3.05, 3.63) is 0 Å². The number of carbonyl (C=O) groups is 7. The second-order valence-electron chi connectivity index (χ2n) is 17.7. The molecular formula is C40H73N7O12. The molecule has 1 aliphatic rings. The van der Waals surface area contributed by atoms with E-state index in [1.807, 2.05) is 55.4 Å². The van der Waals surface area contributed by atoms with E-state index in [2.05, 4.69) is 31.9 Å². The molecule has 0 aromatic carbocycles. The Balaban J connectivity index is 3.55. The number of nitrogens with two attached hydrogens (primary N) is 1. The van der Waals surface area contributed by atoms with Gasteiger partial charge >= 0.3 is 5.97 Å². The number of aliphatic hydroxyl groups excluding tert-OH is 2. The van der Waals surface area contributed by atoms with Crippen LogP contribution in [0.1, 0.15) is 108 Å². The van der Waals surface area contributed by atoms with Gasteiger partial charge in [-0.3, -0.25) is 28.8 Å². The first kappa shape index (κ1) is 53.1. The molecule has 8 atom stereocenters. The number of aliphatic hydroxyl groups is 2. The number of carbonyl (C=O) groups excluding carboxylic acids is 6. The fourth-order valence-electron chi connectivity index (χ4n) is 6.17. The van der Waals surface area contributed by atoms with Crippen molar-refractivity contribution in [1.29, 1.82) is 0 Å².